The Morgan fingerprint density at radius 3 is 2.67 bits per heavy atom. The van der Waals surface area contributed by atoms with Crippen LogP contribution in [0.2, 0.25) is 0 Å². The van der Waals surface area contributed by atoms with E-state index in [9.17, 15) is 9.59 Å². The molecule has 1 aliphatic rings. The second kappa shape index (κ2) is 9.65. The first kappa shape index (κ1) is 21.7. The first-order valence-corrected chi connectivity index (χ1v) is 10.6. The number of anilines is 2. The van der Waals surface area contributed by atoms with Gasteiger partial charge in [-0.1, -0.05) is 37.3 Å². The van der Waals surface area contributed by atoms with Crippen LogP contribution in [0.15, 0.2) is 48.5 Å². The van der Waals surface area contributed by atoms with Crippen LogP contribution in [0, 0.1) is 5.41 Å². The summed E-state index contributed by atoms with van der Waals surface area (Å²) < 4.78 is 5.95. The third-order valence-corrected chi connectivity index (χ3v) is 5.14. The number of carbonyl (C=O) groups excluding carboxylic acids is 2. The van der Waals surface area contributed by atoms with Crippen molar-refractivity contribution in [3.63, 3.8) is 0 Å². The molecule has 2 aromatic carbocycles. The number of amides is 3. The molecule has 0 aromatic heterocycles. The van der Waals surface area contributed by atoms with Gasteiger partial charge in [0.1, 0.15) is 12.4 Å². The first-order valence-electron chi connectivity index (χ1n) is 10.6. The van der Waals surface area contributed by atoms with Crippen LogP contribution in [0.4, 0.5) is 16.2 Å². The van der Waals surface area contributed by atoms with Crippen LogP contribution in [-0.4, -0.2) is 31.6 Å². The Morgan fingerprint density at radius 2 is 1.93 bits per heavy atom. The van der Waals surface area contributed by atoms with Crippen molar-refractivity contribution in [1.29, 1.82) is 0 Å². The maximum absolute atomic E-state index is 12.9. The number of fused-ring (bicyclic) bond motifs is 1. The van der Waals surface area contributed by atoms with Crippen molar-refractivity contribution >= 4 is 23.3 Å². The van der Waals surface area contributed by atoms with Crippen molar-refractivity contribution < 1.29 is 14.3 Å². The predicted molar refractivity (Wildman–Crippen MR) is 120 cm³/mol. The molecule has 0 aliphatic carbocycles. The zero-order chi connectivity index (χ0) is 21.6. The minimum atomic E-state index is -0.599. The Hall–Kier alpha value is -3.02. The van der Waals surface area contributed by atoms with E-state index in [0.717, 1.165) is 24.9 Å². The van der Waals surface area contributed by atoms with E-state index in [-0.39, 0.29) is 11.9 Å². The molecule has 0 bridgehead atoms. The fraction of sp³-hybridized carbons (Fsp3) is 0.417. The van der Waals surface area contributed by atoms with Crippen molar-refractivity contribution in [2.24, 2.45) is 5.41 Å². The predicted octanol–water partition coefficient (Wildman–Crippen LogP) is 4.60. The van der Waals surface area contributed by atoms with Gasteiger partial charge in [0.15, 0.2) is 0 Å². The lowest BCUT2D eigenvalue weighted by Crippen LogP contribution is -2.42. The number of ether oxygens (including phenoxy) is 1. The highest BCUT2D eigenvalue weighted by Gasteiger charge is 2.37. The summed E-state index contributed by atoms with van der Waals surface area (Å²) in [6.45, 7) is 7.36. The smallest absolute Gasteiger partial charge is 0.319 e. The summed E-state index contributed by atoms with van der Waals surface area (Å²) in [7, 11) is 0. The number of nitrogens with zero attached hydrogens (tertiary/aromatic N) is 1. The molecule has 30 heavy (non-hydrogen) atoms. The normalized spacial score (nSPS) is 15.0. The molecule has 0 unspecified atom stereocenters. The number of aryl methyl sites for hydroxylation is 1. The topological polar surface area (TPSA) is 70.7 Å². The van der Waals surface area contributed by atoms with Crippen molar-refractivity contribution in [3.8, 4) is 5.75 Å². The zero-order valence-electron chi connectivity index (χ0n) is 18.0. The van der Waals surface area contributed by atoms with E-state index in [1.54, 1.807) is 17.0 Å². The number of rotatable bonds is 7. The molecule has 0 atom stereocenters. The molecular weight excluding hydrogens is 378 g/mol. The molecule has 6 heteroatoms. The van der Waals surface area contributed by atoms with Crippen LogP contribution >= 0.6 is 0 Å². The van der Waals surface area contributed by atoms with E-state index < -0.39 is 5.41 Å². The van der Waals surface area contributed by atoms with Gasteiger partial charge in [-0.05, 0) is 50.8 Å². The summed E-state index contributed by atoms with van der Waals surface area (Å²) in [5.41, 5.74) is 2.05. The Balaban J connectivity index is 1.59. The summed E-state index contributed by atoms with van der Waals surface area (Å²) in [5, 5.41) is 5.74. The van der Waals surface area contributed by atoms with Crippen LogP contribution in [0.1, 0.15) is 39.2 Å². The second-order valence-electron chi connectivity index (χ2n) is 8.28. The summed E-state index contributed by atoms with van der Waals surface area (Å²) in [5.74, 6) is 0.671. The average Bonchev–Trinajstić information content (AvgIpc) is 2.82. The van der Waals surface area contributed by atoms with Crippen LogP contribution in [-0.2, 0) is 11.2 Å². The highest BCUT2D eigenvalue weighted by atomic mass is 16.5. The summed E-state index contributed by atoms with van der Waals surface area (Å²) >= 11 is 0. The van der Waals surface area contributed by atoms with Crippen LogP contribution in [0.25, 0.3) is 0 Å². The van der Waals surface area contributed by atoms with Crippen LogP contribution in [0.3, 0.4) is 0 Å². The van der Waals surface area contributed by atoms with Gasteiger partial charge in [-0.25, -0.2) is 4.79 Å². The van der Waals surface area contributed by atoms with Gasteiger partial charge >= 0.3 is 6.03 Å². The van der Waals surface area contributed by atoms with E-state index >= 15 is 0 Å². The Labute approximate surface area is 178 Å². The van der Waals surface area contributed by atoms with Gasteiger partial charge in [0.05, 0.1) is 11.1 Å². The standard InChI is InChI=1S/C24H31N3O3/c1-4-15-27-20-13-12-19(16-21(20)30-17-24(2,3)22(27)28)26-23(29)25-14-8-11-18-9-6-5-7-10-18/h5-7,9-10,12-13,16H,4,8,11,14-15,17H2,1-3H3,(H2,25,26,29). The van der Waals surface area contributed by atoms with Gasteiger partial charge in [-0.3, -0.25) is 4.79 Å². The van der Waals surface area contributed by atoms with E-state index in [1.807, 2.05) is 45.0 Å². The molecule has 0 fully saturated rings. The molecule has 2 N–H and O–H groups in total. The number of hydrogen-bond donors (Lipinski definition) is 2. The van der Waals surface area contributed by atoms with Crippen molar-refractivity contribution in [1.82, 2.24) is 5.32 Å². The van der Waals surface area contributed by atoms with E-state index in [1.165, 1.54) is 5.56 Å². The van der Waals surface area contributed by atoms with Gasteiger partial charge in [0.25, 0.3) is 0 Å². The number of carbonyl (C=O) groups is 2. The number of hydrogen-bond acceptors (Lipinski definition) is 3. The molecule has 1 aliphatic heterocycles. The zero-order valence-corrected chi connectivity index (χ0v) is 18.0. The molecule has 0 saturated heterocycles. The van der Waals surface area contributed by atoms with Crippen molar-refractivity contribution in [2.45, 2.75) is 40.0 Å². The lowest BCUT2D eigenvalue weighted by Gasteiger charge is -2.27. The van der Waals surface area contributed by atoms with Gasteiger partial charge in [-0.2, -0.15) is 0 Å². The third-order valence-electron chi connectivity index (χ3n) is 5.14. The minimum absolute atomic E-state index is 0.0555. The SMILES string of the molecule is CCCN1C(=O)C(C)(C)COc2cc(NC(=O)NCCCc3ccccc3)ccc21. The molecule has 3 rings (SSSR count). The fourth-order valence-corrected chi connectivity index (χ4v) is 3.49. The highest BCUT2D eigenvalue weighted by molar-refractivity contribution is 6.00. The molecule has 1 heterocycles. The molecule has 2 aromatic rings. The Morgan fingerprint density at radius 1 is 1.17 bits per heavy atom. The summed E-state index contributed by atoms with van der Waals surface area (Å²) in [6, 6.07) is 15.4. The molecule has 0 radical (unpaired) electrons. The van der Waals surface area contributed by atoms with Crippen molar-refractivity contribution in [2.75, 3.05) is 29.9 Å². The molecular formula is C24H31N3O3. The Bertz CT molecular complexity index is 881. The number of benzene rings is 2. The second-order valence-corrected chi connectivity index (χ2v) is 8.28. The summed E-state index contributed by atoms with van der Waals surface area (Å²) in [4.78, 5) is 26.9. The lowest BCUT2D eigenvalue weighted by molar-refractivity contribution is -0.127. The lowest BCUT2D eigenvalue weighted by atomic mass is 9.93. The number of nitrogens with one attached hydrogen (secondary N) is 2. The molecule has 0 spiro atoms. The molecule has 6 nitrogen and oxygen atoms in total. The van der Waals surface area contributed by atoms with E-state index in [0.29, 0.717) is 31.1 Å². The first-order chi connectivity index (χ1) is 14.4. The van der Waals surface area contributed by atoms with Crippen LogP contribution in [0.5, 0.6) is 5.75 Å². The molecule has 0 saturated carbocycles. The fourth-order valence-electron chi connectivity index (χ4n) is 3.49. The largest absolute Gasteiger partial charge is 0.490 e. The maximum atomic E-state index is 12.9. The van der Waals surface area contributed by atoms with Gasteiger partial charge in [-0.15, -0.1) is 0 Å². The molecule has 3 amide bonds. The van der Waals surface area contributed by atoms with E-state index in [2.05, 4.69) is 22.8 Å². The maximum Gasteiger partial charge on any atom is 0.319 e. The summed E-state index contributed by atoms with van der Waals surface area (Å²) in [6.07, 6.45) is 2.64. The number of urea groups is 1. The third kappa shape index (κ3) is 5.32. The molecule has 160 valence electrons. The van der Waals surface area contributed by atoms with Gasteiger partial charge in [0, 0.05) is 24.8 Å². The minimum Gasteiger partial charge on any atom is -0.490 e. The van der Waals surface area contributed by atoms with E-state index in [4.69, 9.17) is 4.74 Å². The Kier molecular flexibility index (Phi) is 6.98. The van der Waals surface area contributed by atoms with Crippen LogP contribution < -0.4 is 20.3 Å². The monoisotopic (exact) mass is 409 g/mol. The average molecular weight is 410 g/mol. The quantitative estimate of drug-likeness (QED) is 0.657. The highest BCUT2D eigenvalue weighted by Crippen LogP contribution is 2.38. The van der Waals surface area contributed by atoms with Crippen molar-refractivity contribution in [3.05, 3.63) is 54.1 Å². The van der Waals surface area contributed by atoms with Gasteiger partial charge < -0.3 is 20.3 Å². The van der Waals surface area contributed by atoms with Gasteiger partial charge in [0.2, 0.25) is 5.91 Å².